The predicted octanol–water partition coefficient (Wildman–Crippen LogP) is 3.37. The van der Waals surface area contributed by atoms with Crippen LogP contribution in [0.4, 0.5) is 5.69 Å². The molecule has 6 nitrogen and oxygen atoms in total. The number of hydrogen-bond acceptors (Lipinski definition) is 5. The molecule has 25 heavy (non-hydrogen) atoms. The number of ether oxygens (including phenoxy) is 1. The van der Waals surface area contributed by atoms with Gasteiger partial charge in [-0.25, -0.2) is 13.2 Å². The average Bonchev–Trinajstić information content (AvgIpc) is 2.61. The van der Waals surface area contributed by atoms with E-state index in [1.54, 1.807) is 24.3 Å². The average molecular weight is 384 g/mol. The maximum Gasteiger partial charge on any atom is 0.335 e. The summed E-state index contributed by atoms with van der Waals surface area (Å²) in [5, 5.41) is 12.0. The Labute approximate surface area is 150 Å². The van der Waals surface area contributed by atoms with Crippen LogP contribution in [0.1, 0.15) is 22.3 Å². The summed E-state index contributed by atoms with van der Waals surface area (Å²) in [6, 6.07) is 11.2. The van der Waals surface area contributed by atoms with Crippen LogP contribution < -0.4 is 10.1 Å². The van der Waals surface area contributed by atoms with E-state index in [9.17, 15) is 13.2 Å². The monoisotopic (exact) mass is 383 g/mol. The van der Waals surface area contributed by atoms with Crippen molar-refractivity contribution in [2.45, 2.75) is 17.7 Å². The third-order valence-electron chi connectivity index (χ3n) is 3.61. The number of fused-ring (bicyclic) bond motifs is 1. The highest BCUT2D eigenvalue weighted by atomic mass is 35.7. The lowest BCUT2D eigenvalue weighted by Gasteiger charge is -2.17. The molecule has 0 radical (unpaired) electrons. The lowest BCUT2D eigenvalue weighted by molar-refractivity contribution is 0.0696. The van der Waals surface area contributed by atoms with Crippen molar-refractivity contribution >= 4 is 31.4 Å². The highest BCUT2D eigenvalue weighted by molar-refractivity contribution is 8.13. The molecule has 3 rings (SSSR count). The Morgan fingerprint density at radius 2 is 2.00 bits per heavy atom. The molecule has 0 saturated carbocycles. The van der Waals surface area contributed by atoms with Crippen molar-refractivity contribution < 1.29 is 23.1 Å². The van der Waals surface area contributed by atoms with Crippen molar-refractivity contribution in [2.75, 3.05) is 19.0 Å². The fourth-order valence-corrected chi connectivity index (χ4v) is 3.15. The number of anilines is 1. The van der Waals surface area contributed by atoms with Gasteiger partial charge >= 0.3 is 5.97 Å². The molecular formula is C17H18ClNO5S. The summed E-state index contributed by atoms with van der Waals surface area (Å²) >= 11 is 0. The normalized spacial score (nSPS) is 12.9. The topological polar surface area (TPSA) is 92.7 Å². The van der Waals surface area contributed by atoms with Crippen LogP contribution in [-0.4, -0.2) is 33.1 Å². The maximum absolute atomic E-state index is 10.8. The summed E-state index contributed by atoms with van der Waals surface area (Å²) in [5.74, 6) is -0.384. The molecule has 0 spiro atoms. The van der Waals surface area contributed by atoms with Gasteiger partial charge in [-0.05, 0) is 48.7 Å². The van der Waals surface area contributed by atoms with Crippen LogP contribution in [0.25, 0.3) is 0 Å². The first-order valence-corrected chi connectivity index (χ1v) is 9.81. The third kappa shape index (κ3) is 5.37. The minimum atomic E-state index is -3.64. The van der Waals surface area contributed by atoms with Gasteiger partial charge in [0.25, 0.3) is 9.05 Å². The Kier molecular flexibility index (Phi) is 6.27. The fraction of sp³-hybridized carbons (Fsp3) is 0.235. The molecule has 0 bridgehead atoms. The zero-order valence-electron chi connectivity index (χ0n) is 13.5. The van der Waals surface area contributed by atoms with E-state index in [1.165, 1.54) is 19.2 Å². The predicted molar refractivity (Wildman–Crippen MR) is 96.2 cm³/mol. The molecule has 0 fully saturated rings. The van der Waals surface area contributed by atoms with Gasteiger partial charge in [-0.3, -0.25) is 0 Å². The van der Waals surface area contributed by atoms with E-state index in [4.69, 9.17) is 20.5 Å². The molecule has 134 valence electrons. The number of halogens is 1. The number of aryl methyl sites for hydroxylation is 1. The SMILES string of the molecule is COc1cccc(S(=O)(=O)Cl)c1.O=C(O)c1ccc2c(c1)CCCN2. The van der Waals surface area contributed by atoms with Gasteiger partial charge in [-0.15, -0.1) is 0 Å². The number of carboxylic acid groups (broad SMARTS) is 1. The molecule has 0 unspecified atom stereocenters. The van der Waals surface area contributed by atoms with Crippen molar-refractivity contribution in [2.24, 2.45) is 0 Å². The smallest absolute Gasteiger partial charge is 0.335 e. The third-order valence-corrected chi connectivity index (χ3v) is 4.96. The van der Waals surface area contributed by atoms with E-state index in [0.29, 0.717) is 11.3 Å². The number of rotatable bonds is 3. The largest absolute Gasteiger partial charge is 0.497 e. The standard InChI is InChI=1S/C10H11NO2.C7H7ClO3S/c12-10(13)8-3-4-9-7(6-8)2-1-5-11-9;1-11-6-3-2-4-7(5-6)12(8,9)10/h3-4,6,11H,1-2,5H2,(H,12,13);2-5H,1H3. The maximum atomic E-state index is 10.8. The Bertz CT molecular complexity index is 867. The van der Waals surface area contributed by atoms with Gasteiger partial charge in [-0.1, -0.05) is 6.07 Å². The first kappa shape index (κ1) is 19.1. The molecular weight excluding hydrogens is 366 g/mol. The lowest BCUT2D eigenvalue weighted by atomic mass is 10.0. The first-order valence-electron chi connectivity index (χ1n) is 7.50. The van der Waals surface area contributed by atoms with Gasteiger partial charge in [0.1, 0.15) is 5.75 Å². The lowest BCUT2D eigenvalue weighted by Crippen LogP contribution is -2.12. The fourth-order valence-electron chi connectivity index (χ4n) is 2.36. The van der Waals surface area contributed by atoms with Gasteiger partial charge in [0.15, 0.2) is 0 Å². The van der Waals surface area contributed by atoms with Gasteiger partial charge in [0.05, 0.1) is 17.6 Å². The highest BCUT2D eigenvalue weighted by Gasteiger charge is 2.11. The number of carboxylic acids is 1. The Morgan fingerprint density at radius 1 is 1.24 bits per heavy atom. The number of methoxy groups -OCH3 is 1. The van der Waals surface area contributed by atoms with Crippen LogP contribution in [0.5, 0.6) is 5.75 Å². The minimum absolute atomic E-state index is 0.0449. The van der Waals surface area contributed by atoms with Crippen molar-refractivity contribution in [3.8, 4) is 5.75 Å². The van der Waals surface area contributed by atoms with E-state index < -0.39 is 15.0 Å². The van der Waals surface area contributed by atoms with Crippen molar-refractivity contribution in [3.63, 3.8) is 0 Å². The van der Waals surface area contributed by atoms with Crippen molar-refractivity contribution in [3.05, 3.63) is 53.6 Å². The van der Waals surface area contributed by atoms with E-state index in [0.717, 1.165) is 30.6 Å². The number of aromatic carboxylic acids is 1. The molecule has 2 aromatic rings. The summed E-state index contributed by atoms with van der Waals surface area (Å²) in [6.07, 6.45) is 2.06. The second kappa shape index (κ2) is 8.22. The van der Waals surface area contributed by atoms with E-state index >= 15 is 0 Å². The Morgan fingerprint density at radius 3 is 2.64 bits per heavy atom. The van der Waals surface area contributed by atoms with E-state index in [-0.39, 0.29) is 4.90 Å². The Balaban J connectivity index is 0.000000181. The molecule has 2 N–H and O–H groups in total. The second-order valence-corrected chi connectivity index (χ2v) is 7.89. The molecule has 0 aromatic heterocycles. The van der Waals surface area contributed by atoms with Gasteiger partial charge < -0.3 is 15.2 Å². The summed E-state index contributed by atoms with van der Waals surface area (Å²) in [6.45, 7) is 0.986. The zero-order chi connectivity index (χ0) is 18.4. The van der Waals surface area contributed by atoms with E-state index in [2.05, 4.69) is 5.32 Å². The molecule has 1 aliphatic heterocycles. The molecule has 8 heteroatoms. The van der Waals surface area contributed by atoms with Crippen LogP contribution in [-0.2, 0) is 15.5 Å². The molecule has 0 aliphatic carbocycles. The molecule has 2 aromatic carbocycles. The summed E-state index contributed by atoms with van der Waals surface area (Å²) < 4.78 is 26.4. The molecule has 1 aliphatic rings. The quantitative estimate of drug-likeness (QED) is 0.789. The summed E-state index contributed by atoms with van der Waals surface area (Å²) in [5.41, 5.74) is 2.57. The second-order valence-electron chi connectivity index (χ2n) is 5.32. The molecule has 0 saturated heterocycles. The van der Waals surface area contributed by atoms with E-state index in [1.807, 2.05) is 6.07 Å². The van der Waals surface area contributed by atoms with Crippen LogP contribution in [0.15, 0.2) is 47.4 Å². The Hall–Kier alpha value is -2.25. The first-order chi connectivity index (χ1) is 11.8. The number of nitrogens with one attached hydrogen (secondary N) is 1. The summed E-state index contributed by atoms with van der Waals surface area (Å²) in [7, 11) is 2.92. The number of hydrogen-bond donors (Lipinski definition) is 2. The van der Waals surface area contributed by atoms with Gasteiger partial charge in [-0.2, -0.15) is 0 Å². The number of carbonyl (C=O) groups is 1. The van der Waals surface area contributed by atoms with Gasteiger partial charge in [0.2, 0.25) is 0 Å². The van der Waals surface area contributed by atoms with Crippen molar-refractivity contribution in [1.82, 2.24) is 0 Å². The van der Waals surface area contributed by atoms with Crippen LogP contribution >= 0.6 is 10.7 Å². The van der Waals surface area contributed by atoms with Gasteiger partial charge in [0, 0.05) is 29.0 Å². The zero-order valence-corrected chi connectivity index (χ0v) is 15.1. The van der Waals surface area contributed by atoms with Crippen LogP contribution in [0, 0.1) is 0 Å². The highest BCUT2D eigenvalue weighted by Crippen LogP contribution is 2.22. The molecule has 0 amide bonds. The number of benzene rings is 2. The van der Waals surface area contributed by atoms with Crippen LogP contribution in [0.2, 0.25) is 0 Å². The molecule has 1 heterocycles. The van der Waals surface area contributed by atoms with Crippen LogP contribution in [0.3, 0.4) is 0 Å². The molecule has 0 atom stereocenters. The minimum Gasteiger partial charge on any atom is -0.497 e. The summed E-state index contributed by atoms with van der Waals surface area (Å²) in [4.78, 5) is 10.7. The van der Waals surface area contributed by atoms with Crippen molar-refractivity contribution in [1.29, 1.82) is 0 Å².